The largest absolute Gasteiger partial charge is 0.377 e. The fourth-order valence-electron chi connectivity index (χ4n) is 1.15. The second-order valence-corrected chi connectivity index (χ2v) is 4.08. The lowest BCUT2D eigenvalue weighted by Crippen LogP contribution is -2.17. The molecule has 1 aliphatic heterocycles. The summed E-state index contributed by atoms with van der Waals surface area (Å²) in [5.74, 6) is 0. The summed E-state index contributed by atoms with van der Waals surface area (Å²) in [4.78, 5) is 0. The molecule has 1 saturated heterocycles. The highest BCUT2D eigenvalue weighted by Gasteiger charge is 2.21. The molecule has 1 aliphatic rings. The number of halogens is 1. The van der Waals surface area contributed by atoms with Gasteiger partial charge in [0.2, 0.25) is 0 Å². The van der Waals surface area contributed by atoms with Gasteiger partial charge >= 0.3 is 0 Å². The summed E-state index contributed by atoms with van der Waals surface area (Å²) in [6.45, 7) is 3.21. The van der Waals surface area contributed by atoms with Gasteiger partial charge in [0.15, 0.2) is 0 Å². The van der Waals surface area contributed by atoms with Crippen LogP contribution in [0.5, 0.6) is 0 Å². The SMILES string of the molecule is CC[C@@H](I)[C@H]1CCCO1. The van der Waals surface area contributed by atoms with Gasteiger partial charge in [-0.25, -0.2) is 0 Å². The van der Waals surface area contributed by atoms with E-state index in [0.717, 1.165) is 10.5 Å². The Labute approximate surface area is 70.3 Å². The fraction of sp³-hybridized carbons (Fsp3) is 1.00. The summed E-state index contributed by atoms with van der Waals surface area (Å²) in [6.07, 6.45) is 4.35. The maximum Gasteiger partial charge on any atom is 0.0693 e. The smallest absolute Gasteiger partial charge is 0.0693 e. The van der Waals surface area contributed by atoms with Crippen LogP contribution in [-0.2, 0) is 4.74 Å². The molecule has 1 rings (SSSR count). The summed E-state index contributed by atoms with van der Waals surface area (Å²) in [5, 5.41) is 0. The predicted octanol–water partition coefficient (Wildman–Crippen LogP) is 2.38. The molecule has 0 saturated carbocycles. The summed E-state index contributed by atoms with van der Waals surface area (Å²) in [6, 6.07) is 0. The lowest BCUT2D eigenvalue weighted by Gasteiger charge is -2.13. The first-order valence-electron chi connectivity index (χ1n) is 3.60. The van der Waals surface area contributed by atoms with E-state index in [4.69, 9.17) is 4.74 Å². The van der Waals surface area contributed by atoms with Gasteiger partial charge in [-0.1, -0.05) is 29.5 Å². The number of alkyl halides is 1. The van der Waals surface area contributed by atoms with Crippen molar-refractivity contribution in [1.82, 2.24) is 0 Å². The lowest BCUT2D eigenvalue weighted by molar-refractivity contribution is 0.111. The van der Waals surface area contributed by atoms with E-state index >= 15 is 0 Å². The summed E-state index contributed by atoms with van der Waals surface area (Å²) < 4.78 is 6.24. The average molecular weight is 240 g/mol. The number of rotatable bonds is 2. The molecule has 2 heteroatoms. The van der Waals surface area contributed by atoms with Crippen molar-refractivity contribution in [2.24, 2.45) is 0 Å². The molecule has 1 fully saturated rings. The van der Waals surface area contributed by atoms with Gasteiger partial charge in [-0.15, -0.1) is 0 Å². The van der Waals surface area contributed by atoms with E-state index in [2.05, 4.69) is 29.5 Å². The molecular weight excluding hydrogens is 227 g/mol. The van der Waals surface area contributed by atoms with Crippen molar-refractivity contribution >= 4 is 22.6 Å². The maximum absolute atomic E-state index is 5.50. The lowest BCUT2D eigenvalue weighted by atomic mass is 10.1. The highest BCUT2D eigenvalue weighted by atomic mass is 127. The van der Waals surface area contributed by atoms with Crippen LogP contribution in [0, 0.1) is 0 Å². The molecule has 54 valence electrons. The zero-order chi connectivity index (χ0) is 6.69. The minimum absolute atomic E-state index is 0.565. The highest BCUT2D eigenvalue weighted by Crippen LogP contribution is 2.22. The van der Waals surface area contributed by atoms with Gasteiger partial charge in [-0.2, -0.15) is 0 Å². The van der Waals surface area contributed by atoms with Gasteiger partial charge in [0, 0.05) is 10.5 Å². The van der Waals surface area contributed by atoms with E-state index < -0.39 is 0 Å². The Morgan fingerprint density at radius 3 is 3.00 bits per heavy atom. The molecule has 0 radical (unpaired) electrons. The van der Waals surface area contributed by atoms with Crippen LogP contribution in [-0.4, -0.2) is 16.6 Å². The Morgan fingerprint density at radius 1 is 1.78 bits per heavy atom. The van der Waals surface area contributed by atoms with E-state index in [1.54, 1.807) is 0 Å². The molecule has 0 aromatic rings. The molecule has 0 aromatic carbocycles. The quantitative estimate of drug-likeness (QED) is 0.532. The van der Waals surface area contributed by atoms with Crippen LogP contribution in [0.4, 0.5) is 0 Å². The second kappa shape index (κ2) is 3.76. The first kappa shape index (κ1) is 7.79. The van der Waals surface area contributed by atoms with Crippen molar-refractivity contribution in [2.75, 3.05) is 6.61 Å². The third-order valence-electron chi connectivity index (χ3n) is 1.76. The topological polar surface area (TPSA) is 9.23 Å². The van der Waals surface area contributed by atoms with Crippen molar-refractivity contribution in [3.05, 3.63) is 0 Å². The molecule has 0 spiro atoms. The van der Waals surface area contributed by atoms with E-state index in [1.807, 2.05) is 0 Å². The number of ether oxygens (including phenoxy) is 1. The van der Waals surface area contributed by atoms with Crippen LogP contribution in [0.25, 0.3) is 0 Å². The molecule has 1 heterocycles. The molecule has 0 aromatic heterocycles. The van der Waals surface area contributed by atoms with Gasteiger partial charge < -0.3 is 4.74 Å². The molecule has 0 aliphatic carbocycles. The van der Waals surface area contributed by atoms with Crippen LogP contribution in [0.1, 0.15) is 26.2 Å². The van der Waals surface area contributed by atoms with Gasteiger partial charge in [0.05, 0.1) is 6.10 Å². The Hall–Kier alpha value is 0.690. The molecule has 1 nitrogen and oxygen atoms in total. The van der Waals surface area contributed by atoms with E-state index in [1.165, 1.54) is 19.3 Å². The molecule has 0 bridgehead atoms. The summed E-state index contributed by atoms with van der Waals surface area (Å²) >= 11 is 2.48. The van der Waals surface area contributed by atoms with Gasteiger partial charge in [-0.3, -0.25) is 0 Å². The first-order chi connectivity index (χ1) is 4.34. The van der Waals surface area contributed by atoms with Gasteiger partial charge in [0.1, 0.15) is 0 Å². The molecule has 0 unspecified atom stereocenters. The second-order valence-electron chi connectivity index (χ2n) is 2.48. The van der Waals surface area contributed by atoms with Crippen LogP contribution in [0.3, 0.4) is 0 Å². The Balaban J connectivity index is 2.24. The van der Waals surface area contributed by atoms with Crippen molar-refractivity contribution in [3.63, 3.8) is 0 Å². The van der Waals surface area contributed by atoms with Crippen LogP contribution >= 0.6 is 22.6 Å². The van der Waals surface area contributed by atoms with E-state index in [9.17, 15) is 0 Å². The van der Waals surface area contributed by atoms with E-state index in [-0.39, 0.29) is 0 Å². The third-order valence-corrected chi connectivity index (χ3v) is 3.44. The van der Waals surface area contributed by atoms with E-state index in [0.29, 0.717) is 6.10 Å². The van der Waals surface area contributed by atoms with Crippen LogP contribution in [0.2, 0.25) is 0 Å². The van der Waals surface area contributed by atoms with Crippen molar-refractivity contribution in [1.29, 1.82) is 0 Å². The monoisotopic (exact) mass is 240 g/mol. The zero-order valence-corrected chi connectivity index (χ0v) is 7.93. The summed E-state index contributed by atoms with van der Waals surface area (Å²) in [5.41, 5.74) is 0. The third kappa shape index (κ3) is 2.08. The molecule has 2 atom stereocenters. The molecule has 0 N–H and O–H groups in total. The highest BCUT2D eigenvalue weighted by molar-refractivity contribution is 14.1. The molecule has 9 heavy (non-hydrogen) atoms. The van der Waals surface area contributed by atoms with Crippen molar-refractivity contribution in [2.45, 2.75) is 36.2 Å². The Bertz CT molecular complexity index is 79.0. The summed E-state index contributed by atoms with van der Waals surface area (Å²) in [7, 11) is 0. The van der Waals surface area contributed by atoms with Gasteiger partial charge in [0.25, 0.3) is 0 Å². The number of hydrogen-bond acceptors (Lipinski definition) is 1. The van der Waals surface area contributed by atoms with Crippen LogP contribution in [0.15, 0.2) is 0 Å². The van der Waals surface area contributed by atoms with Crippen molar-refractivity contribution < 1.29 is 4.74 Å². The maximum atomic E-state index is 5.50. The first-order valence-corrected chi connectivity index (χ1v) is 4.85. The standard InChI is InChI=1S/C7H13IO/c1-2-6(8)7-4-3-5-9-7/h6-7H,2-5H2,1H3/t6-,7-/m1/s1. The predicted molar refractivity (Wildman–Crippen MR) is 47.1 cm³/mol. The average Bonchev–Trinajstić information content (AvgIpc) is 2.37. The van der Waals surface area contributed by atoms with Crippen molar-refractivity contribution in [3.8, 4) is 0 Å². The fourth-order valence-corrected chi connectivity index (χ4v) is 1.72. The zero-order valence-electron chi connectivity index (χ0n) is 5.77. The molecule has 0 amide bonds. The normalized spacial score (nSPS) is 30.7. The molecular formula is C7H13IO. The van der Waals surface area contributed by atoms with Crippen LogP contribution < -0.4 is 0 Å². The Kier molecular flexibility index (Phi) is 3.26. The van der Waals surface area contributed by atoms with Gasteiger partial charge in [-0.05, 0) is 19.3 Å². The Morgan fingerprint density at radius 2 is 2.56 bits per heavy atom. The minimum Gasteiger partial charge on any atom is -0.377 e. The number of hydrogen-bond donors (Lipinski definition) is 0. The minimum atomic E-state index is 0.565.